The van der Waals surface area contributed by atoms with Gasteiger partial charge in [0.1, 0.15) is 0 Å². The molecule has 2 rings (SSSR count). The van der Waals surface area contributed by atoms with Crippen LogP contribution in [0.1, 0.15) is 37.9 Å². The third kappa shape index (κ3) is 4.07. The lowest BCUT2D eigenvalue weighted by Crippen LogP contribution is -2.34. The van der Waals surface area contributed by atoms with Gasteiger partial charge in [0, 0.05) is 13.0 Å². The molecule has 0 radical (unpaired) electrons. The molecule has 1 N–H and O–H groups in total. The van der Waals surface area contributed by atoms with Crippen LogP contribution < -0.4 is 5.32 Å². The lowest BCUT2D eigenvalue weighted by molar-refractivity contribution is 0.210. The quantitative estimate of drug-likeness (QED) is 0.830. The minimum atomic E-state index is 0.745. The minimum Gasteiger partial charge on any atom is -0.338 e. The van der Waals surface area contributed by atoms with Crippen LogP contribution in [0.5, 0.6) is 0 Å². The zero-order chi connectivity index (χ0) is 12.8. The van der Waals surface area contributed by atoms with E-state index >= 15 is 0 Å². The Kier molecular flexibility index (Phi) is 5.13. The second-order valence-corrected chi connectivity index (χ2v) is 5.24. The highest BCUT2D eigenvalue weighted by atomic mass is 16.5. The zero-order valence-corrected chi connectivity index (χ0v) is 11.5. The van der Waals surface area contributed by atoms with Crippen molar-refractivity contribution in [1.82, 2.24) is 20.4 Å². The molecule has 102 valence electrons. The molecule has 0 atom stereocenters. The van der Waals surface area contributed by atoms with E-state index in [0.717, 1.165) is 56.7 Å². The van der Waals surface area contributed by atoms with E-state index in [2.05, 4.69) is 34.3 Å². The molecule has 0 spiro atoms. The smallest absolute Gasteiger partial charge is 0.240 e. The summed E-state index contributed by atoms with van der Waals surface area (Å²) in [4.78, 5) is 6.69. The molecule has 1 aromatic heterocycles. The molecule has 1 aromatic rings. The molecule has 0 aliphatic carbocycles. The predicted octanol–water partition coefficient (Wildman–Crippen LogP) is 1.45. The highest BCUT2D eigenvalue weighted by molar-refractivity contribution is 4.86. The van der Waals surface area contributed by atoms with Gasteiger partial charge in [-0.25, -0.2) is 0 Å². The molecule has 2 heterocycles. The van der Waals surface area contributed by atoms with Crippen LogP contribution in [0.15, 0.2) is 4.52 Å². The maximum absolute atomic E-state index is 5.26. The Hall–Kier alpha value is -0.940. The van der Waals surface area contributed by atoms with Gasteiger partial charge in [0.15, 0.2) is 5.82 Å². The summed E-state index contributed by atoms with van der Waals surface area (Å²) in [6.45, 7) is 6.31. The van der Waals surface area contributed by atoms with Crippen LogP contribution in [0.4, 0.5) is 0 Å². The van der Waals surface area contributed by atoms with E-state index in [-0.39, 0.29) is 0 Å². The van der Waals surface area contributed by atoms with Crippen molar-refractivity contribution in [3.63, 3.8) is 0 Å². The van der Waals surface area contributed by atoms with Crippen LogP contribution in [-0.2, 0) is 13.0 Å². The molecular weight excluding hydrogens is 228 g/mol. The molecule has 5 nitrogen and oxygen atoms in total. The molecule has 5 heteroatoms. The van der Waals surface area contributed by atoms with Gasteiger partial charge in [-0.3, -0.25) is 4.90 Å². The Balaban J connectivity index is 1.76. The predicted molar refractivity (Wildman–Crippen MR) is 70.2 cm³/mol. The average molecular weight is 252 g/mol. The van der Waals surface area contributed by atoms with E-state index < -0.39 is 0 Å². The molecule has 0 saturated carbocycles. The van der Waals surface area contributed by atoms with Crippen LogP contribution in [0.3, 0.4) is 0 Å². The average Bonchev–Trinajstić information content (AvgIpc) is 2.78. The first-order valence-corrected chi connectivity index (χ1v) is 6.98. The zero-order valence-electron chi connectivity index (χ0n) is 11.5. The summed E-state index contributed by atoms with van der Waals surface area (Å²) in [5.74, 6) is 2.38. The number of piperidine rings is 1. The van der Waals surface area contributed by atoms with E-state index in [1.165, 1.54) is 12.8 Å². The molecule has 0 bridgehead atoms. The standard InChI is InChI=1S/C13H24N4O/c1-3-4-12-15-13(18-16-12)10-17(2)9-11-5-7-14-8-6-11/h11,14H,3-10H2,1-2H3. The number of nitrogens with one attached hydrogen (secondary N) is 1. The van der Waals surface area contributed by atoms with Gasteiger partial charge in [0.25, 0.3) is 0 Å². The summed E-state index contributed by atoms with van der Waals surface area (Å²) in [7, 11) is 2.13. The Morgan fingerprint density at radius 3 is 2.89 bits per heavy atom. The third-order valence-corrected chi connectivity index (χ3v) is 3.42. The summed E-state index contributed by atoms with van der Waals surface area (Å²) in [5.41, 5.74) is 0. The Morgan fingerprint density at radius 2 is 2.17 bits per heavy atom. The molecular formula is C13H24N4O. The van der Waals surface area contributed by atoms with Gasteiger partial charge in [-0.2, -0.15) is 4.98 Å². The van der Waals surface area contributed by atoms with Crippen molar-refractivity contribution in [3.8, 4) is 0 Å². The first-order valence-electron chi connectivity index (χ1n) is 6.98. The largest absolute Gasteiger partial charge is 0.338 e. The molecule has 18 heavy (non-hydrogen) atoms. The fourth-order valence-corrected chi connectivity index (χ4v) is 2.48. The van der Waals surface area contributed by atoms with Crippen molar-refractivity contribution in [2.75, 3.05) is 26.7 Å². The lowest BCUT2D eigenvalue weighted by atomic mass is 9.98. The molecule has 1 aliphatic rings. The molecule has 0 amide bonds. The fourth-order valence-electron chi connectivity index (χ4n) is 2.48. The summed E-state index contributed by atoms with van der Waals surface area (Å²) in [6, 6.07) is 0. The number of hydrogen-bond donors (Lipinski definition) is 1. The normalized spacial score (nSPS) is 17.5. The van der Waals surface area contributed by atoms with Gasteiger partial charge in [-0.1, -0.05) is 12.1 Å². The highest BCUT2D eigenvalue weighted by Crippen LogP contribution is 2.14. The van der Waals surface area contributed by atoms with Gasteiger partial charge in [0.05, 0.1) is 6.54 Å². The van der Waals surface area contributed by atoms with Crippen LogP contribution in [0.2, 0.25) is 0 Å². The second-order valence-electron chi connectivity index (χ2n) is 5.24. The van der Waals surface area contributed by atoms with Crippen LogP contribution >= 0.6 is 0 Å². The van der Waals surface area contributed by atoms with Crippen LogP contribution in [-0.4, -0.2) is 41.7 Å². The van der Waals surface area contributed by atoms with E-state index in [1.54, 1.807) is 0 Å². The Labute approximate surface area is 109 Å². The van der Waals surface area contributed by atoms with Gasteiger partial charge >= 0.3 is 0 Å². The molecule has 0 unspecified atom stereocenters. The van der Waals surface area contributed by atoms with Crippen molar-refractivity contribution in [2.24, 2.45) is 5.92 Å². The van der Waals surface area contributed by atoms with Gasteiger partial charge in [0.2, 0.25) is 5.89 Å². The minimum absolute atomic E-state index is 0.745. The maximum atomic E-state index is 5.26. The number of aryl methyl sites for hydroxylation is 1. The van der Waals surface area contributed by atoms with Crippen molar-refractivity contribution < 1.29 is 4.52 Å². The maximum Gasteiger partial charge on any atom is 0.240 e. The lowest BCUT2D eigenvalue weighted by Gasteiger charge is -2.26. The molecule has 1 saturated heterocycles. The van der Waals surface area contributed by atoms with E-state index in [1.807, 2.05) is 0 Å². The first kappa shape index (κ1) is 13.5. The third-order valence-electron chi connectivity index (χ3n) is 3.42. The van der Waals surface area contributed by atoms with E-state index in [9.17, 15) is 0 Å². The van der Waals surface area contributed by atoms with Crippen molar-refractivity contribution >= 4 is 0 Å². The van der Waals surface area contributed by atoms with Gasteiger partial charge in [-0.05, 0) is 45.3 Å². The van der Waals surface area contributed by atoms with Gasteiger partial charge in [-0.15, -0.1) is 0 Å². The van der Waals surface area contributed by atoms with Crippen LogP contribution in [0, 0.1) is 5.92 Å². The molecule has 0 aromatic carbocycles. The summed E-state index contributed by atoms with van der Waals surface area (Å²) < 4.78 is 5.26. The summed E-state index contributed by atoms with van der Waals surface area (Å²) in [5, 5.41) is 7.38. The molecule has 1 fully saturated rings. The summed E-state index contributed by atoms with van der Waals surface area (Å²) >= 11 is 0. The fraction of sp³-hybridized carbons (Fsp3) is 0.846. The highest BCUT2D eigenvalue weighted by Gasteiger charge is 2.16. The van der Waals surface area contributed by atoms with E-state index in [0.29, 0.717) is 0 Å². The number of aromatic nitrogens is 2. The Bertz CT molecular complexity index is 347. The number of hydrogen-bond acceptors (Lipinski definition) is 5. The van der Waals surface area contributed by atoms with Crippen molar-refractivity contribution in [3.05, 3.63) is 11.7 Å². The Morgan fingerprint density at radius 1 is 1.39 bits per heavy atom. The SMILES string of the molecule is CCCc1noc(CN(C)CC2CCNCC2)n1. The molecule has 1 aliphatic heterocycles. The van der Waals surface area contributed by atoms with E-state index in [4.69, 9.17) is 4.52 Å². The summed E-state index contributed by atoms with van der Waals surface area (Å²) in [6.07, 6.45) is 4.51. The first-order chi connectivity index (χ1) is 8.78. The second kappa shape index (κ2) is 6.85. The monoisotopic (exact) mass is 252 g/mol. The van der Waals surface area contributed by atoms with Crippen LogP contribution in [0.25, 0.3) is 0 Å². The van der Waals surface area contributed by atoms with Crippen molar-refractivity contribution in [2.45, 2.75) is 39.2 Å². The van der Waals surface area contributed by atoms with Gasteiger partial charge < -0.3 is 9.84 Å². The topological polar surface area (TPSA) is 54.2 Å². The number of rotatable bonds is 6. The van der Waals surface area contributed by atoms with Crippen molar-refractivity contribution in [1.29, 1.82) is 0 Å². The number of nitrogens with zero attached hydrogens (tertiary/aromatic N) is 3.